The Labute approximate surface area is 129 Å². The van der Waals surface area contributed by atoms with Crippen molar-refractivity contribution in [1.29, 1.82) is 0 Å². The highest BCUT2D eigenvalue weighted by Crippen LogP contribution is 2.27. The van der Waals surface area contributed by atoms with E-state index in [-0.39, 0.29) is 12.0 Å². The molecule has 110 valence electrons. The third kappa shape index (κ3) is 3.98. The number of hydrogen-bond acceptors (Lipinski definition) is 2. The van der Waals surface area contributed by atoms with Crippen LogP contribution in [0.2, 0.25) is 0 Å². The fourth-order valence-corrected chi connectivity index (χ4v) is 2.91. The maximum atomic E-state index is 12.5. The first-order valence-corrected chi connectivity index (χ1v) is 8.12. The lowest BCUT2D eigenvalue weighted by atomic mass is 10.2. The number of rotatable bonds is 3. The molecule has 4 heteroatoms. The van der Waals surface area contributed by atoms with Gasteiger partial charge < -0.3 is 9.64 Å². The van der Waals surface area contributed by atoms with Gasteiger partial charge in [0.15, 0.2) is 0 Å². The van der Waals surface area contributed by atoms with Gasteiger partial charge in [0.1, 0.15) is 5.75 Å². The number of halogens is 1. The maximum absolute atomic E-state index is 12.5. The Morgan fingerprint density at radius 2 is 1.85 bits per heavy atom. The van der Waals surface area contributed by atoms with Gasteiger partial charge in [-0.15, -0.1) is 0 Å². The van der Waals surface area contributed by atoms with Crippen molar-refractivity contribution in [2.45, 2.75) is 45.6 Å². The van der Waals surface area contributed by atoms with Crippen molar-refractivity contribution in [2.24, 2.45) is 0 Å². The second-order valence-electron chi connectivity index (χ2n) is 5.52. The Balaban J connectivity index is 2.11. The van der Waals surface area contributed by atoms with Gasteiger partial charge in [-0.05, 0) is 60.8 Å². The van der Waals surface area contributed by atoms with Crippen LogP contribution in [-0.2, 0) is 0 Å². The summed E-state index contributed by atoms with van der Waals surface area (Å²) in [4.78, 5) is 14.5. The number of hydrogen-bond donors (Lipinski definition) is 0. The van der Waals surface area contributed by atoms with Gasteiger partial charge >= 0.3 is 0 Å². The summed E-state index contributed by atoms with van der Waals surface area (Å²) in [6, 6.07) is 5.59. The zero-order chi connectivity index (χ0) is 14.5. The maximum Gasteiger partial charge on any atom is 0.253 e. The first kappa shape index (κ1) is 15.4. The molecular formula is C16H22BrNO2. The van der Waals surface area contributed by atoms with Crippen LogP contribution in [0, 0.1) is 0 Å². The van der Waals surface area contributed by atoms with Gasteiger partial charge in [0.25, 0.3) is 5.91 Å². The number of carbonyl (C=O) groups is 1. The summed E-state index contributed by atoms with van der Waals surface area (Å²) in [6.45, 7) is 5.73. The number of ether oxygens (including phenoxy) is 1. The molecule has 0 saturated carbocycles. The molecule has 0 bridgehead atoms. The van der Waals surface area contributed by atoms with E-state index in [1.807, 2.05) is 36.9 Å². The molecule has 0 spiro atoms. The molecule has 20 heavy (non-hydrogen) atoms. The number of nitrogens with zero attached hydrogens (tertiary/aromatic N) is 1. The molecule has 0 atom stereocenters. The molecule has 0 N–H and O–H groups in total. The van der Waals surface area contributed by atoms with Gasteiger partial charge in [-0.25, -0.2) is 0 Å². The lowest BCUT2D eigenvalue weighted by molar-refractivity contribution is 0.0761. The Kier molecular flexibility index (Phi) is 5.46. The summed E-state index contributed by atoms with van der Waals surface area (Å²) in [7, 11) is 0. The van der Waals surface area contributed by atoms with Crippen molar-refractivity contribution in [1.82, 2.24) is 4.90 Å². The SMILES string of the molecule is CC(C)Oc1ccc(C(=O)N2CCCCCC2)cc1Br. The van der Waals surface area contributed by atoms with Crippen molar-refractivity contribution in [3.8, 4) is 5.75 Å². The Hall–Kier alpha value is -1.03. The number of carbonyl (C=O) groups excluding carboxylic acids is 1. The quantitative estimate of drug-likeness (QED) is 0.823. The average molecular weight is 340 g/mol. The lowest BCUT2D eigenvalue weighted by Gasteiger charge is -2.21. The second kappa shape index (κ2) is 7.11. The average Bonchev–Trinajstić information content (AvgIpc) is 2.68. The molecule has 3 nitrogen and oxygen atoms in total. The highest BCUT2D eigenvalue weighted by Gasteiger charge is 2.18. The summed E-state index contributed by atoms with van der Waals surface area (Å²) in [6.07, 6.45) is 4.81. The molecule has 1 amide bonds. The third-order valence-corrected chi connectivity index (χ3v) is 4.05. The highest BCUT2D eigenvalue weighted by atomic mass is 79.9. The Bertz CT molecular complexity index is 466. The molecule has 1 fully saturated rings. The van der Waals surface area contributed by atoms with Gasteiger partial charge in [0, 0.05) is 18.7 Å². The zero-order valence-electron chi connectivity index (χ0n) is 12.2. The van der Waals surface area contributed by atoms with E-state index < -0.39 is 0 Å². The van der Waals surface area contributed by atoms with Gasteiger partial charge in [-0.3, -0.25) is 4.79 Å². The molecular weight excluding hydrogens is 318 g/mol. The van der Waals surface area contributed by atoms with E-state index in [1.54, 1.807) is 0 Å². The number of amides is 1. The minimum absolute atomic E-state index is 0.124. The van der Waals surface area contributed by atoms with Gasteiger partial charge in [-0.1, -0.05) is 12.8 Å². The summed E-state index contributed by atoms with van der Waals surface area (Å²) in [5.74, 6) is 0.913. The minimum Gasteiger partial charge on any atom is -0.490 e. The molecule has 0 aliphatic carbocycles. The van der Waals surface area contributed by atoms with Crippen LogP contribution >= 0.6 is 15.9 Å². The molecule has 1 aromatic carbocycles. The zero-order valence-corrected chi connectivity index (χ0v) is 13.8. The van der Waals surface area contributed by atoms with Crippen LogP contribution in [0.4, 0.5) is 0 Å². The van der Waals surface area contributed by atoms with Gasteiger partial charge in [0.05, 0.1) is 10.6 Å². The predicted molar refractivity (Wildman–Crippen MR) is 84.3 cm³/mol. The van der Waals surface area contributed by atoms with Crippen LogP contribution in [0.5, 0.6) is 5.75 Å². The van der Waals surface area contributed by atoms with E-state index in [0.29, 0.717) is 0 Å². The lowest BCUT2D eigenvalue weighted by Crippen LogP contribution is -2.31. The smallest absolute Gasteiger partial charge is 0.253 e. The van der Waals surface area contributed by atoms with E-state index in [2.05, 4.69) is 15.9 Å². The largest absolute Gasteiger partial charge is 0.490 e. The van der Waals surface area contributed by atoms with Gasteiger partial charge in [-0.2, -0.15) is 0 Å². The standard InChI is InChI=1S/C16H22BrNO2/c1-12(2)20-15-8-7-13(11-14(15)17)16(19)18-9-5-3-4-6-10-18/h7-8,11-12H,3-6,9-10H2,1-2H3. The third-order valence-electron chi connectivity index (χ3n) is 3.43. The molecule has 1 heterocycles. The highest BCUT2D eigenvalue weighted by molar-refractivity contribution is 9.10. The summed E-state index contributed by atoms with van der Waals surface area (Å²) in [5, 5.41) is 0. The van der Waals surface area contributed by atoms with E-state index >= 15 is 0 Å². The van der Waals surface area contributed by atoms with E-state index in [9.17, 15) is 4.79 Å². The van der Waals surface area contributed by atoms with Crippen molar-refractivity contribution < 1.29 is 9.53 Å². The Morgan fingerprint density at radius 1 is 1.20 bits per heavy atom. The fourth-order valence-electron chi connectivity index (χ4n) is 2.44. The molecule has 1 aliphatic heterocycles. The van der Waals surface area contributed by atoms with Crippen LogP contribution in [0.15, 0.2) is 22.7 Å². The summed E-state index contributed by atoms with van der Waals surface area (Å²) in [5.41, 5.74) is 0.731. The van der Waals surface area contributed by atoms with Crippen LogP contribution in [0.1, 0.15) is 49.9 Å². The predicted octanol–water partition coefficient (Wildman–Crippen LogP) is 4.25. The van der Waals surface area contributed by atoms with Gasteiger partial charge in [0.2, 0.25) is 0 Å². The van der Waals surface area contributed by atoms with E-state index in [0.717, 1.165) is 41.7 Å². The molecule has 0 radical (unpaired) electrons. The molecule has 1 saturated heterocycles. The topological polar surface area (TPSA) is 29.5 Å². The van der Waals surface area contributed by atoms with E-state index in [1.165, 1.54) is 12.8 Å². The van der Waals surface area contributed by atoms with Crippen molar-refractivity contribution in [3.05, 3.63) is 28.2 Å². The minimum atomic E-state index is 0.124. The second-order valence-corrected chi connectivity index (χ2v) is 6.37. The fraction of sp³-hybridized carbons (Fsp3) is 0.562. The molecule has 1 aromatic rings. The summed E-state index contributed by atoms with van der Waals surface area (Å²) >= 11 is 3.49. The molecule has 0 unspecified atom stereocenters. The molecule has 0 aromatic heterocycles. The number of benzene rings is 1. The van der Waals surface area contributed by atoms with Crippen molar-refractivity contribution in [3.63, 3.8) is 0 Å². The Morgan fingerprint density at radius 3 is 2.40 bits per heavy atom. The van der Waals surface area contributed by atoms with Crippen molar-refractivity contribution in [2.75, 3.05) is 13.1 Å². The van der Waals surface area contributed by atoms with E-state index in [4.69, 9.17) is 4.74 Å². The monoisotopic (exact) mass is 339 g/mol. The summed E-state index contributed by atoms with van der Waals surface area (Å²) < 4.78 is 6.51. The van der Waals surface area contributed by atoms with Crippen molar-refractivity contribution >= 4 is 21.8 Å². The first-order chi connectivity index (χ1) is 9.58. The van der Waals surface area contributed by atoms with Crippen LogP contribution < -0.4 is 4.74 Å². The molecule has 1 aliphatic rings. The van der Waals surface area contributed by atoms with Crippen LogP contribution in [0.3, 0.4) is 0 Å². The van der Waals surface area contributed by atoms with Crippen LogP contribution in [-0.4, -0.2) is 30.0 Å². The van der Waals surface area contributed by atoms with Crippen LogP contribution in [0.25, 0.3) is 0 Å². The normalized spacial score (nSPS) is 16.1. The first-order valence-electron chi connectivity index (χ1n) is 7.33. The molecule has 2 rings (SSSR count). The number of likely N-dealkylation sites (tertiary alicyclic amines) is 1.